The van der Waals surface area contributed by atoms with Crippen LogP contribution in [0, 0.1) is 11.8 Å². The first-order chi connectivity index (χ1) is 9.08. The predicted molar refractivity (Wildman–Crippen MR) is 76.2 cm³/mol. The van der Waals surface area contributed by atoms with Gasteiger partial charge < -0.3 is 10.0 Å². The number of piperazine rings is 1. The second-order valence-electron chi connectivity index (χ2n) is 6.36. The quantitative estimate of drug-likeness (QED) is 0.846. The van der Waals surface area contributed by atoms with E-state index in [-0.39, 0.29) is 6.42 Å². The van der Waals surface area contributed by atoms with Crippen LogP contribution in [0.15, 0.2) is 0 Å². The fourth-order valence-corrected chi connectivity index (χ4v) is 3.64. The molecule has 1 saturated carbocycles. The van der Waals surface area contributed by atoms with E-state index in [1.165, 1.54) is 19.3 Å². The van der Waals surface area contributed by atoms with Crippen LogP contribution in [0.2, 0.25) is 0 Å². The zero-order valence-corrected chi connectivity index (χ0v) is 12.3. The van der Waals surface area contributed by atoms with Crippen LogP contribution < -0.4 is 0 Å². The van der Waals surface area contributed by atoms with Crippen molar-refractivity contribution in [1.82, 2.24) is 9.80 Å². The molecule has 1 N–H and O–H groups in total. The van der Waals surface area contributed by atoms with Gasteiger partial charge in [0.2, 0.25) is 0 Å². The van der Waals surface area contributed by atoms with Crippen LogP contribution in [0.3, 0.4) is 0 Å². The van der Waals surface area contributed by atoms with Crippen molar-refractivity contribution in [2.24, 2.45) is 11.8 Å². The Balaban J connectivity index is 1.77. The first-order valence-corrected chi connectivity index (χ1v) is 7.76. The molecule has 0 spiro atoms. The average molecular weight is 268 g/mol. The summed E-state index contributed by atoms with van der Waals surface area (Å²) >= 11 is 0. The summed E-state index contributed by atoms with van der Waals surface area (Å²) in [4.78, 5) is 15.5. The molecule has 3 atom stereocenters. The fourth-order valence-electron chi connectivity index (χ4n) is 3.64. The first kappa shape index (κ1) is 14.8. The number of aliphatic carboxylic acids is 1. The van der Waals surface area contributed by atoms with E-state index in [0.717, 1.165) is 44.1 Å². The van der Waals surface area contributed by atoms with E-state index in [9.17, 15) is 4.79 Å². The molecule has 2 rings (SSSR count). The molecule has 0 amide bonds. The van der Waals surface area contributed by atoms with E-state index in [1.807, 2.05) is 0 Å². The number of carboxylic acid groups (broad SMARTS) is 1. The Hall–Kier alpha value is -0.610. The SMILES string of the molecule is CC1CCCC(N2CCN(CCC(=O)O)CC2)C1C. The van der Waals surface area contributed by atoms with E-state index in [0.29, 0.717) is 6.54 Å². The lowest BCUT2D eigenvalue weighted by molar-refractivity contribution is -0.137. The van der Waals surface area contributed by atoms with E-state index >= 15 is 0 Å². The van der Waals surface area contributed by atoms with Crippen LogP contribution in [-0.2, 0) is 4.79 Å². The molecular formula is C15H28N2O2. The number of hydrogen-bond acceptors (Lipinski definition) is 3. The highest BCUT2D eigenvalue weighted by molar-refractivity contribution is 5.66. The molecule has 1 aliphatic carbocycles. The Morgan fingerprint density at radius 3 is 2.47 bits per heavy atom. The summed E-state index contributed by atoms with van der Waals surface area (Å²) in [5.74, 6) is 0.972. The molecule has 3 unspecified atom stereocenters. The van der Waals surface area contributed by atoms with E-state index in [1.54, 1.807) is 0 Å². The minimum Gasteiger partial charge on any atom is -0.481 e. The van der Waals surface area contributed by atoms with Gasteiger partial charge in [-0.2, -0.15) is 0 Å². The summed E-state index contributed by atoms with van der Waals surface area (Å²) in [5, 5.41) is 8.73. The minimum absolute atomic E-state index is 0.275. The van der Waals surface area contributed by atoms with Gasteiger partial charge in [-0.05, 0) is 18.3 Å². The molecule has 4 nitrogen and oxygen atoms in total. The molecule has 4 heteroatoms. The zero-order chi connectivity index (χ0) is 13.8. The van der Waals surface area contributed by atoms with Crippen molar-refractivity contribution in [3.05, 3.63) is 0 Å². The third kappa shape index (κ3) is 3.93. The summed E-state index contributed by atoms with van der Waals surface area (Å²) in [6.07, 6.45) is 4.38. The maximum atomic E-state index is 10.6. The topological polar surface area (TPSA) is 43.8 Å². The Morgan fingerprint density at radius 1 is 1.16 bits per heavy atom. The van der Waals surface area contributed by atoms with Crippen molar-refractivity contribution in [3.8, 4) is 0 Å². The molecule has 0 radical (unpaired) electrons. The van der Waals surface area contributed by atoms with Crippen LogP contribution in [0.1, 0.15) is 39.5 Å². The molecule has 0 aromatic rings. The summed E-state index contributed by atoms with van der Waals surface area (Å²) < 4.78 is 0. The van der Waals surface area contributed by atoms with Crippen molar-refractivity contribution >= 4 is 5.97 Å². The molecule has 19 heavy (non-hydrogen) atoms. The highest BCUT2D eigenvalue weighted by atomic mass is 16.4. The van der Waals surface area contributed by atoms with Gasteiger partial charge >= 0.3 is 5.97 Å². The molecule has 1 saturated heterocycles. The molecule has 1 aliphatic heterocycles. The number of carbonyl (C=O) groups is 1. The molecule has 2 aliphatic rings. The Labute approximate surface area is 116 Å². The second-order valence-corrected chi connectivity index (χ2v) is 6.36. The van der Waals surface area contributed by atoms with Gasteiger partial charge in [0.1, 0.15) is 0 Å². The lowest BCUT2D eigenvalue weighted by Gasteiger charge is -2.45. The van der Waals surface area contributed by atoms with Gasteiger partial charge in [0.05, 0.1) is 6.42 Å². The van der Waals surface area contributed by atoms with Crippen molar-refractivity contribution < 1.29 is 9.90 Å². The number of rotatable bonds is 4. The summed E-state index contributed by atoms with van der Waals surface area (Å²) in [6.45, 7) is 9.80. The largest absolute Gasteiger partial charge is 0.481 e. The van der Waals surface area contributed by atoms with Gasteiger partial charge in [-0.1, -0.05) is 26.7 Å². The molecule has 2 fully saturated rings. The third-order valence-electron chi connectivity index (χ3n) is 5.18. The standard InChI is InChI=1S/C15H28N2O2/c1-12-4-3-5-14(13(12)2)17-10-8-16(9-11-17)7-6-15(18)19/h12-14H,3-11H2,1-2H3,(H,18,19). The maximum absolute atomic E-state index is 10.6. The van der Waals surface area contributed by atoms with Gasteiger partial charge in [0.25, 0.3) is 0 Å². The fraction of sp³-hybridized carbons (Fsp3) is 0.933. The molecule has 0 bridgehead atoms. The molecule has 110 valence electrons. The van der Waals surface area contributed by atoms with Crippen molar-refractivity contribution in [1.29, 1.82) is 0 Å². The predicted octanol–water partition coefficient (Wildman–Crippen LogP) is 1.90. The first-order valence-electron chi connectivity index (χ1n) is 7.76. The Kier molecular flexibility index (Phi) is 5.22. The molecule has 0 aromatic carbocycles. The highest BCUT2D eigenvalue weighted by Gasteiger charge is 2.32. The minimum atomic E-state index is -0.683. The van der Waals surface area contributed by atoms with E-state index < -0.39 is 5.97 Å². The van der Waals surface area contributed by atoms with Crippen LogP contribution in [0.4, 0.5) is 0 Å². The van der Waals surface area contributed by atoms with Gasteiger partial charge in [0, 0.05) is 38.8 Å². The number of nitrogens with zero attached hydrogens (tertiary/aromatic N) is 2. The molecule has 1 heterocycles. The van der Waals surface area contributed by atoms with E-state index in [4.69, 9.17) is 5.11 Å². The summed E-state index contributed by atoms with van der Waals surface area (Å²) in [6, 6.07) is 0.755. The average Bonchev–Trinajstić information content (AvgIpc) is 2.40. The summed E-state index contributed by atoms with van der Waals surface area (Å²) in [7, 11) is 0. The van der Waals surface area contributed by atoms with Gasteiger partial charge in [-0.3, -0.25) is 9.69 Å². The Morgan fingerprint density at radius 2 is 1.84 bits per heavy atom. The lowest BCUT2D eigenvalue weighted by atomic mass is 9.77. The van der Waals surface area contributed by atoms with Crippen molar-refractivity contribution in [2.75, 3.05) is 32.7 Å². The van der Waals surface area contributed by atoms with Crippen molar-refractivity contribution in [2.45, 2.75) is 45.6 Å². The molecule has 0 aromatic heterocycles. The smallest absolute Gasteiger partial charge is 0.304 e. The van der Waals surface area contributed by atoms with Crippen LogP contribution in [0.25, 0.3) is 0 Å². The van der Waals surface area contributed by atoms with Gasteiger partial charge in [-0.25, -0.2) is 0 Å². The number of carboxylic acids is 1. The maximum Gasteiger partial charge on any atom is 0.304 e. The third-order valence-corrected chi connectivity index (χ3v) is 5.18. The van der Waals surface area contributed by atoms with Crippen LogP contribution >= 0.6 is 0 Å². The second kappa shape index (κ2) is 6.71. The summed E-state index contributed by atoms with van der Waals surface area (Å²) in [5.41, 5.74) is 0. The highest BCUT2D eigenvalue weighted by Crippen LogP contribution is 2.33. The Bertz CT molecular complexity index is 301. The number of hydrogen-bond donors (Lipinski definition) is 1. The monoisotopic (exact) mass is 268 g/mol. The van der Waals surface area contributed by atoms with Gasteiger partial charge in [0.15, 0.2) is 0 Å². The zero-order valence-electron chi connectivity index (χ0n) is 12.3. The van der Waals surface area contributed by atoms with Crippen LogP contribution in [-0.4, -0.2) is 59.6 Å². The van der Waals surface area contributed by atoms with Gasteiger partial charge in [-0.15, -0.1) is 0 Å². The van der Waals surface area contributed by atoms with Crippen molar-refractivity contribution in [3.63, 3.8) is 0 Å². The lowest BCUT2D eigenvalue weighted by Crippen LogP contribution is -2.53. The molecular weight excluding hydrogens is 240 g/mol. The van der Waals surface area contributed by atoms with Crippen LogP contribution in [0.5, 0.6) is 0 Å². The normalized spacial score (nSPS) is 34.3. The van der Waals surface area contributed by atoms with E-state index in [2.05, 4.69) is 23.6 Å².